The van der Waals surface area contributed by atoms with Crippen LogP contribution >= 0.6 is 23.2 Å². The summed E-state index contributed by atoms with van der Waals surface area (Å²) < 4.78 is 4.70. The molecular weight excluding hydrogens is 253 g/mol. The molecule has 0 fully saturated rings. The number of ketones is 1. The number of alkyl halides is 2. The van der Waals surface area contributed by atoms with E-state index in [-0.39, 0.29) is 12.5 Å². The highest BCUT2D eigenvalue weighted by atomic mass is 35.5. The molecule has 6 heteroatoms. The van der Waals surface area contributed by atoms with Crippen LogP contribution < -0.4 is 5.32 Å². The Morgan fingerprint density at radius 3 is 2.25 bits per heavy atom. The smallest absolute Gasteiger partial charge is 0.407 e. The Morgan fingerprint density at radius 2 is 1.88 bits per heavy atom. The van der Waals surface area contributed by atoms with Gasteiger partial charge < -0.3 is 10.1 Å². The topological polar surface area (TPSA) is 55.4 Å². The lowest BCUT2D eigenvalue weighted by atomic mass is 10.0. The van der Waals surface area contributed by atoms with E-state index in [4.69, 9.17) is 27.9 Å². The minimum absolute atomic E-state index is 0.239. The van der Waals surface area contributed by atoms with Crippen LogP contribution in [0.15, 0.2) is 0 Å². The van der Waals surface area contributed by atoms with Gasteiger partial charge in [0.05, 0.1) is 12.6 Å². The van der Waals surface area contributed by atoms with Crippen LogP contribution in [0, 0.1) is 5.92 Å². The molecule has 0 radical (unpaired) electrons. The molecule has 1 amide bonds. The lowest BCUT2D eigenvalue weighted by Gasteiger charge is -2.19. The number of hydrogen-bond acceptors (Lipinski definition) is 3. The third kappa shape index (κ3) is 6.18. The molecule has 0 heterocycles. The predicted molar refractivity (Wildman–Crippen MR) is 63.9 cm³/mol. The molecule has 1 atom stereocenters. The van der Waals surface area contributed by atoms with E-state index in [2.05, 4.69) is 5.32 Å². The minimum Gasteiger partial charge on any atom is -0.450 e. The van der Waals surface area contributed by atoms with Gasteiger partial charge in [-0.3, -0.25) is 4.79 Å². The van der Waals surface area contributed by atoms with Crippen molar-refractivity contribution in [3.8, 4) is 0 Å². The van der Waals surface area contributed by atoms with Gasteiger partial charge in [-0.25, -0.2) is 4.79 Å². The van der Waals surface area contributed by atoms with Gasteiger partial charge in [0, 0.05) is 0 Å². The Bertz CT molecular complexity index is 244. The molecule has 1 unspecified atom stereocenters. The predicted octanol–water partition coefficient (Wildman–Crippen LogP) is 2.52. The van der Waals surface area contributed by atoms with Gasteiger partial charge in [-0.1, -0.05) is 37.0 Å². The molecule has 0 saturated heterocycles. The lowest BCUT2D eigenvalue weighted by Crippen LogP contribution is -2.44. The summed E-state index contributed by atoms with van der Waals surface area (Å²) in [6, 6.07) is -0.695. The number of ether oxygens (including phenoxy) is 1. The number of carbonyl (C=O) groups is 2. The van der Waals surface area contributed by atoms with Crippen molar-refractivity contribution in [1.29, 1.82) is 0 Å². The Labute approximate surface area is 106 Å². The second-order valence-corrected chi connectivity index (χ2v) is 4.85. The third-order valence-electron chi connectivity index (χ3n) is 1.83. The van der Waals surface area contributed by atoms with Crippen molar-refractivity contribution in [2.24, 2.45) is 5.92 Å². The van der Waals surface area contributed by atoms with E-state index >= 15 is 0 Å². The Balaban J connectivity index is 4.43. The summed E-state index contributed by atoms with van der Waals surface area (Å²) in [6.45, 7) is 5.81. The SMILES string of the molecule is CCOC(=O)NC(CC(C)C)C(=O)C(Cl)Cl. The largest absolute Gasteiger partial charge is 0.450 e. The number of halogens is 2. The van der Waals surface area contributed by atoms with Crippen LogP contribution in [0.1, 0.15) is 27.2 Å². The average molecular weight is 270 g/mol. The normalized spacial score (nSPS) is 12.7. The van der Waals surface area contributed by atoms with Crippen molar-refractivity contribution in [2.45, 2.75) is 38.1 Å². The highest BCUT2D eigenvalue weighted by molar-refractivity contribution is 6.54. The minimum atomic E-state index is -1.13. The fraction of sp³-hybridized carbons (Fsp3) is 0.800. The van der Waals surface area contributed by atoms with Gasteiger partial charge in [-0.15, -0.1) is 0 Å². The molecule has 1 N–H and O–H groups in total. The van der Waals surface area contributed by atoms with E-state index < -0.39 is 22.8 Å². The zero-order valence-electron chi connectivity index (χ0n) is 9.63. The Hall–Kier alpha value is -0.480. The van der Waals surface area contributed by atoms with Gasteiger partial charge in [0.25, 0.3) is 0 Å². The van der Waals surface area contributed by atoms with E-state index in [0.29, 0.717) is 6.42 Å². The lowest BCUT2D eigenvalue weighted by molar-refractivity contribution is -0.119. The first-order chi connectivity index (χ1) is 7.38. The summed E-state index contributed by atoms with van der Waals surface area (Å²) in [4.78, 5) is 21.6. The number of Topliss-reactive ketones (excluding diaryl/α,β-unsaturated/α-hetero) is 1. The average Bonchev–Trinajstić information content (AvgIpc) is 2.15. The van der Waals surface area contributed by atoms with Crippen LogP contribution in [-0.4, -0.2) is 29.4 Å². The summed E-state index contributed by atoms with van der Waals surface area (Å²) in [5.74, 6) is -0.173. The van der Waals surface area contributed by atoms with Gasteiger partial charge in [0.1, 0.15) is 0 Å². The van der Waals surface area contributed by atoms with Gasteiger partial charge in [-0.05, 0) is 19.3 Å². The summed E-state index contributed by atoms with van der Waals surface area (Å²) in [6.07, 6.45) is -0.149. The van der Waals surface area contributed by atoms with Crippen LogP contribution in [0.3, 0.4) is 0 Å². The number of nitrogens with one attached hydrogen (secondary N) is 1. The second kappa shape index (κ2) is 7.74. The highest BCUT2D eigenvalue weighted by Crippen LogP contribution is 2.13. The second-order valence-electron chi connectivity index (χ2n) is 3.75. The van der Waals surface area contributed by atoms with Crippen LogP contribution in [0.2, 0.25) is 0 Å². The first-order valence-electron chi connectivity index (χ1n) is 5.13. The molecule has 94 valence electrons. The molecule has 4 nitrogen and oxygen atoms in total. The van der Waals surface area contributed by atoms with Gasteiger partial charge in [0.2, 0.25) is 0 Å². The molecule has 0 aromatic heterocycles. The maximum atomic E-state index is 11.6. The summed E-state index contributed by atoms with van der Waals surface area (Å²) >= 11 is 11.0. The molecule has 0 spiro atoms. The zero-order chi connectivity index (χ0) is 12.7. The van der Waals surface area contributed by atoms with Crippen LogP contribution in [0.5, 0.6) is 0 Å². The third-order valence-corrected chi connectivity index (χ3v) is 2.26. The maximum Gasteiger partial charge on any atom is 0.407 e. The molecule has 0 aromatic carbocycles. The fourth-order valence-electron chi connectivity index (χ4n) is 1.18. The molecule has 16 heavy (non-hydrogen) atoms. The van der Waals surface area contributed by atoms with Crippen molar-refractivity contribution < 1.29 is 14.3 Å². The van der Waals surface area contributed by atoms with E-state index in [9.17, 15) is 9.59 Å². The van der Waals surface area contributed by atoms with Crippen molar-refractivity contribution in [3.63, 3.8) is 0 Å². The number of amides is 1. The molecule has 0 aliphatic heterocycles. The number of hydrogen-bond donors (Lipinski definition) is 1. The quantitative estimate of drug-likeness (QED) is 0.754. The molecule has 0 aliphatic rings. The first-order valence-corrected chi connectivity index (χ1v) is 6.00. The number of rotatable bonds is 6. The van der Waals surface area contributed by atoms with Crippen molar-refractivity contribution >= 4 is 35.1 Å². The molecular formula is C10H17Cl2NO3. The zero-order valence-corrected chi connectivity index (χ0v) is 11.1. The fourth-order valence-corrected chi connectivity index (χ4v) is 1.49. The van der Waals surface area contributed by atoms with E-state index in [0.717, 1.165) is 0 Å². The van der Waals surface area contributed by atoms with Crippen LogP contribution in [0.4, 0.5) is 4.79 Å². The molecule has 0 rings (SSSR count). The molecule has 0 aromatic rings. The Kier molecular flexibility index (Phi) is 7.51. The van der Waals surface area contributed by atoms with Gasteiger partial charge in [-0.2, -0.15) is 0 Å². The standard InChI is InChI=1S/C10H17Cl2NO3/c1-4-16-10(15)13-7(5-6(2)3)8(14)9(11)12/h6-7,9H,4-5H2,1-3H3,(H,13,15). The highest BCUT2D eigenvalue weighted by Gasteiger charge is 2.26. The Morgan fingerprint density at radius 1 is 1.31 bits per heavy atom. The van der Waals surface area contributed by atoms with Crippen LogP contribution in [0.25, 0.3) is 0 Å². The van der Waals surface area contributed by atoms with E-state index in [1.165, 1.54) is 0 Å². The molecule has 0 saturated carbocycles. The monoisotopic (exact) mass is 269 g/mol. The number of alkyl carbamates (subject to hydrolysis) is 1. The van der Waals surface area contributed by atoms with Crippen LogP contribution in [-0.2, 0) is 9.53 Å². The van der Waals surface area contributed by atoms with Crippen molar-refractivity contribution in [1.82, 2.24) is 5.32 Å². The van der Waals surface area contributed by atoms with Crippen molar-refractivity contribution in [3.05, 3.63) is 0 Å². The van der Waals surface area contributed by atoms with Gasteiger partial charge >= 0.3 is 6.09 Å². The number of carbonyl (C=O) groups excluding carboxylic acids is 2. The summed E-state index contributed by atoms with van der Waals surface area (Å²) in [5.41, 5.74) is 0. The maximum absolute atomic E-state index is 11.6. The molecule has 0 aliphatic carbocycles. The van der Waals surface area contributed by atoms with E-state index in [1.54, 1.807) is 6.92 Å². The summed E-state index contributed by atoms with van der Waals surface area (Å²) in [7, 11) is 0. The van der Waals surface area contributed by atoms with Crippen molar-refractivity contribution in [2.75, 3.05) is 6.61 Å². The van der Waals surface area contributed by atoms with E-state index in [1.807, 2.05) is 13.8 Å². The summed E-state index contributed by atoms with van der Waals surface area (Å²) in [5, 5.41) is 2.45. The first kappa shape index (κ1) is 15.5. The molecule has 0 bridgehead atoms. The van der Waals surface area contributed by atoms with Gasteiger partial charge in [0.15, 0.2) is 10.6 Å².